The van der Waals surface area contributed by atoms with Crippen molar-refractivity contribution >= 4 is 17.2 Å². The molecule has 0 aliphatic carbocycles. The van der Waals surface area contributed by atoms with Crippen molar-refractivity contribution in [1.29, 1.82) is 0 Å². The van der Waals surface area contributed by atoms with Gasteiger partial charge in [-0.05, 0) is 24.5 Å². The molecule has 1 aliphatic rings. The minimum absolute atomic E-state index is 0.424. The van der Waals surface area contributed by atoms with Crippen LogP contribution in [0.3, 0.4) is 0 Å². The third-order valence-electron chi connectivity index (χ3n) is 3.39. The maximum atomic E-state index is 6.09. The van der Waals surface area contributed by atoms with Crippen molar-refractivity contribution < 1.29 is 4.74 Å². The minimum atomic E-state index is 0.424. The molecule has 0 radical (unpaired) electrons. The molecule has 0 atom stereocenters. The predicted molar refractivity (Wildman–Crippen MR) is 74.8 cm³/mol. The number of hydrogen-bond acceptors (Lipinski definition) is 5. The van der Waals surface area contributed by atoms with Crippen LogP contribution in [0.1, 0.15) is 12.0 Å². The highest BCUT2D eigenvalue weighted by Gasteiger charge is 2.22. The number of nitrogens with zero attached hydrogens (tertiary/aromatic N) is 3. The Bertz CT molecular complexity index is 600. The molecule has 98 valence electrons. The number of nitrogens with two attached hydrogens (primary N) is 1. The number of benzene rings is 1. The van der Waals surface area contributed by atoms with Crippen LogP contribution in [0.2, 0.25) is 0 Å². The van der Waals surface area contributed by atoms with Crippen LogP contribution in [-0.4, -0.2) is 23.6 Å². The maximum Gasteiger partial charge on any atom is 0.242 e. The number of aromatic nitrogens is 2. The fourth-order valence-electron chi connectivity index (χ4n) is 2.50. The molecule has 19 heavy (non-hydrogen) atoms. The molecular formula is C14H16N4O. The van der Waals surface area contributed by atoms with Crippen molar-refractivity contribution in [1.82, 2.24) is 9.97 Å². The van der Waals surface area contributed by atoms with E-state index in [0.29, 0.717) is 11.6 Å². The largest absolute Gasteiger partial charge is 0.479 e. The molecule has 0 amide bonds. The van der Waals surface area contributed by atoms with Gasteiger partial charge in [0, 0.05) is 12.2 Å². The lowest BCUT2D eigenvalue weighted by Gasteiger charge is -2.31. The standard InChI is InChI=1S/C14H16N4O/c1-19-14-12(15)13(16-9-17-14)18-8-4-6-10-5-2-3-7-11(10)18/h2-3,5,7,9H,4,6,8,15H2,1H3. The number of hydrogen-bond donors (Lipinski definition) is 1. The van der Waals surface area contributed by atoms with Gasteiger partial charge in [0.25, 0.3) is 0 Å². The maximum absolute atomic E-state index is 6.09. The van der Waals surface area contributed by atoms with Gasteiger partial charge in [-0.3, -0.25) is 0 Å². The first-order valence-corrected chi connectivity index (χ1v) is 6.31. The SMILES string of the molecule is COc1ncnc(N2CCCc3ccccc32)c1N. The Kier molecular flexibility index (Phi) is 2.95. The average molecular weight is 256 g/mol. The summed E-state index contributed by atoms with van der Waals surface area (Å²) in [4.78, 5) is 10.5. The Hall–Kier alpha value is -2.30. The first-order chi connectivity index (χ1) is 9.31. The molecular weight excluding hydrogens is 240 g/mol. The highest BCUT2D eigenvalue weighted by atomic mass is 16.5. The number of aryl methyl sites for hydroxylation is 1. The lowest BCUT2D eigenvalue weighted by atomic mass is 10.0. The summed E-state index contributed by atoms with van der Waals surface area (Å²) in [7, 11) is 1.56. The quantitative estimate of drug-likeness (QED) is 0.892. The lowest BCUT2D eigenvalue weighted by molar-refractivity contribution is 0.399. The third-order valence-corrected chi connectivity index (χ3v) is 3.39. The molecule has 0 bridgehead atoms. The van der Waals surface area contributed by atoms with Gasteiger partial charge in [-0.15, -0.1) is 0 Å². The van der Waals surface area contributed by atoms with Crippen molar-refractivity contribution in [2.75, 3.05) is 24.3 Å². The van der Waals surface area contributed by atoms with Gasteiger partial charge in [0.2, 0.25) is 5.88 Å². The summed E-state index contributed by atoms with van der Waals surface area (Å²) < 4.78 is 5.16. The van der Waals surface area contributed by atoms with Gasteiger partial charge in [0.1, 0.15) is 12.0 Å². The van der Waals surface area contributed by atoms with Crippen molar-refractivity contribution in [2.24, 2.45) is 0 Å². The third kappa shape index (κ3) is 1.97. The van der Waals surface area contributed by atoms with E-state index in [4.69, 9.17) is 10.5 Å². The van der Waals surface area contributed by atoms with E-state index >= 15 is 0 Å². The number of rotatable bonds is 2. The number of fused-ring (bicyclic) bond motifs is 1. The van der Waals surface area contributed by atoms with E-state index in [1.165, 1.54) is 17.6 Å². The van der Waals surface area contributed by atoms with Crippen LogP contribution in [0.25, 0.3) is 0 Å². The predicted octanol–water partition coefficient (Wildman–Crippen LogP) is 2.15. The summed E-state index contributed by atoms with van der Waals surface area (Å²) in [5, 5.41) is 0. The molecule has 1 aliphatic heterocycles. The molecule has 0 spiro atoms. The number of nitrogen functional groups attached to an aromatic ring is 1. The molecule has 0 saturated heterocycles. The topological polar surface area (TPSA) is 64.3 Å². The first kappa shape index (κ1) is 11.8. The van der Waals surface area contributed by atoms with E-state index in [-0.39, 0.29) is 0 Å². The summed E-state index contributed by atoms with van der Waals surface area (Å²) in [6.45, 7) is 0.904. The Morgan fingerprint density at radius 2 is 2.11 bits per heavy atom. The van der Waals surface area contributed by atoms with Gasteiger partial charge in [0.05, 0.1) is 7.11 Å². The Labute approximate surface area is 112 Å². The lowest BCUT2D eigenvalue weighted by Crippen LogP contribution is -2.26. The molecule has 5 nitrogen and oxygen atoms in total. The van der Waals surface area contributed by atoms with Crippen molar-refractivity contribution in [3.05, 3.63) is 36.2 Å². The van der Waals surface area contributed by atoms with Gasteiger partial charge in [-0.25, -0.2) is 4.98 Å². The van der Waals surface area contributed by atoms with Gasteiger partial charge in [-0.1, -0.05) is 18.2 Å². The molecule has 0 unspecified atom stereocenters. The number of ether oxygens (including phenoxy) is 1. The first-order valence-electron chi connectivity index (χ1n) is 6.31. The summed E-state index contributed by atoms with van der Waals surface area (Å²) in [5.41, 5.74) is 9.07. The summed E-state index contributed by atoms with van der Waals surface area (Å²) >= 11 is 0. The Balaban J connectivity index is 2.09. The van der Waals surface area contributed by atoms with Crippen LogP contribution < -0.4 is 15.4 Å². The number of anilines is 3. The summed E-state index contributed by atoms with van der Waals surface area (Å²) in [6.07, 6.45) is 3.67. The van der Waals surface area contributed by atoms with Crippen molar-refractivity contribution in [3.63, 3.8) is 0 Å². The van der Waals surface area contributed by atoms with Crippen LogP contribution in [0.4, 0.5) is 17.2 Å². The van der Waals surface area contributed by atoms with Crippen LogP contribution >= 0.6 is 0 Å². The minimum Gasteiger partial charge on any atom is -0.479 e. The number of methoxy groups -OCH3 is 1. The fourth-order valence-corrected chi connectivity index (χ4v) is 2.50. The van der Waals surface area contributed by atoms with Crippen LogP contribution in [0.15, 0.2) is 30.6 Å². The number of para-hydroxylation sites is 1. The van der Waals surface area contributed by atoms with E-state index in [9.17, 15) is 0 Å². The van der Waals surface area contributed by atoms with Gasteiger partial charge in [0.15, 0.2) is 5.82 Å². The molecule has 1 aromatic carbocycles. The molecule has 3 rings (SSSR count). The van der Waals surface area contributed by atoms with Gasteiger partial charge >= 0.3 is 0 Å². The normalized spacial score (nSPS) is 14.1. The molecule has 0 fully saturated rings. The fraction of sp³-hybridized carbons (Fsp3) is 0.286. The van der Waals surface area contributed by atoms with Crippen LogP contribution in [0, 0.1) is 0 Å². The van der Waals surface area contributed by atoms with E-state index in [1.807, 2.05) is 6.07 Å². The zero-order valence-corrected chi connectivity index (χ0v) is 10.8. The van der Waals surface area contributed by atoms with E-state index in [2.05, 4.69) is 33.1 Å². The average Bonchev–Trinajstić information content (AvgIpc) is 2.47. The van der Waals surface area contributed by atoms with Crippen LogP contribution in [-0.2, 0) is 6.42 Å². The van der Waals surface area contributed by atoms with Crippen molar-refractivity contribution in [3.8, 4) is 5.88 Å². The van der Waals surface area contributed by atoms with Gasteiger partial charge in [-0.2, -0.15) is 4.98 Å². The van der Waals surface area contributed by atoms with E-state index in [1.54, 1.807) is 7.11 Å². The molecule has 2 heterocycles. The van der Waals surface area contributed by atoms with Crippen molar-refractivity contribution in [2.45, 2.75) is 12.8 Å². The zero-order valence-electron chi connectivity index (χ0n) is 10.8. The van der Waals surface area contributed by atoms with Gasteiger partial charge < -0.3 is 15.4 Å². The zero-order chi connectivity index (χ0) is 13.2. The molecule has 0 saturated carbocycles. The molecule has 1 aromatic heterocycles. The highest BCUT2D eigenvalue weighted by Crippen LogP contribution is 2.37. The molecule has 2 N–H and O–H groups in total. The molecule has 5 heteroatoms. The van der Waals surface area contributed by atoms with E-state index < -0.39 is 0 Å². The Morgan fingerprint density at radius 3 is 2.95 bits per heavy atom. The van der Waals surface area contributed by atoms with Crippen LogP contribution in [0.5, 0.6) is 5.88 Å². The Morgan fingerprint density at radius 1 is 1.26 bits per heavy atom. The summed E-state index contributed by atoms with van der Waals surface area (Å²) in [6, 6.07) is 8.34. The van der Waals surface area contributed by atoms with E-state index in [0.717, 1.165) is 25.2 Å². The second kappa shape index (κ2) is 4.76. The molecule has 2 aromatic rings. The smallest absolute Gasteiger partial charge is 0.242 e. The monoisotopic (exact) mass is 256 g/mol. The summed E-state index contributed by atoms with van der Waals surface area (Å²) in [5.74, 6) is 1.15. The highest BCUT2D eigenvalue weighted by molar-refractivity contribution is 5.76. The second-order valence-electron chi connectivity index (χ2n) is 4.50. The second-order valence-corrected chi connectivity index (χ2v) is 4.50.